The molecular formula is C18H31Cl2NOSi2. The third-order valence-electron chi connectivity index (χ3n) is 4.37. The number of halogens is 2. The van der Waals surface area contributed by atoms with Crippen molar-refractivity contribution in [3.05, 3.63) is 33.3 Å². The highest BCUT2D eigenvalue weighted by molar-refractivity contribution is 6.76. The first-order valence-electron chi connectivity index (χ1n) is 8.35. The van der Waals surface area contributed by atoms with E-state index in [9.17, 15) is 0 Å². The molecule has 0 saturated heterocycles. The Labute approximate surface area is 159 Å². The lowest BCUT2D eigenvalue weighted by Crippen LogP contribution is -2.40. The van der Waals surface area contributed by atoms with Gasteiger partial charge in [-0.3, -0.25) is 4.99 Å². The van der Waals surface area contributed by atoms with Crippen LogP contribution in [0.15, 0.2) is 17.1 Å². The number of nitrogens with zero attached hydrogens (tertiary/aromatic N) is 1. The first-order chi connectivity index (χ1) is 10.7. The van der Waals surface area contributed by atoms with E-state index in [4.69, 9.17) is 27.6 Å². The molecule has 0 amide bonds. The first-order valence-corrected chi connectivity index (χ1v) is 15.7. The molecule has 0 N–H and O–H groups in total. The minimum atomic E-state index is -1.82. The number of benzene rings is 1. The van der Waals surface area contributed by atoms with E-state index in [1.54, 1.807) is 0 Å². The Hall–Kier alpha value is -0.136. The second-order valence-electron chi connectivity index (χ2n) is 9.04. The number of rotatable bonds is 6. The predicted molar refractivity (Wildman–Crippen MR) is 114 cm³/mol. The average molecular weight is 405 g/mol. The van der Waals surface area contributed by atoms with E-state index in [2.05, 4.69) is 58.5 Å². The molecule has 1 rings (SSSR count). The summed E-state index contributed by atoms with van der Waals surface area (Å²) in [5.74, 6) is 0. The lowest BCUT2D eigenvalue weighted by molar-refractivity contribution is 0.276. The number of hydrogen-bond acceptors (Lipinski definition) is 2. The summed E-state index contributed by atoms with van der Waals surface area (Å²) in [6.07, 6.45) is 2.82. The number of hydrogen-bond donors (Lipinski definition) is 0. The Kier molecular flexibility index (Phi) is 7.34. The second kappa shape index (κ2) is 8.04. The molecule has 0 saturated carbocycles. The van der Waals surface area contributed by atoms with Crippen molar-refractivity contribution < 1.29 is 4.43 Å². The molecule has 1 aromatic carbocycles. The van der Waals surface area contributed by atoms with Gasteiger partial charge in [-0.05, 0) is 41.4 Å². The van der Waals surface area contributed by atoms with Crippen LogP contribution < -0.4 is 0 Å². The van der Waals surface area contributed by atoms with Gasteiger partial charge >= 0.3 is 0 Å². The average Bonchev–Trinajstić information content (AvgIpc) is 2.38. The second-order valence-corrected chi connectivity index (χ2v) is 20.1. The zero-order valence-corrected chi connectivity index (χ0v) is 19.8. The predicted octanol–water partition coefficient (Wildman–Crippen LogP) is 6.81. The zero-order chi connectivity index (χ0) is 18.8. The van der Waals surface area contributed by atoms with Gasteiger partial charge in [0.1, 0.15) is 0 Å². The van der Waals surface area contributed by atoms with Gasteiger partial charge in [-0.25, -0.2) is 0 Å². The van der Waals surface area contributed by atoms with E-state index in [1.165, 1.54) is 0 Å². The van der Waals surface area contributed by atoms with Crippen LogP contribution in [0.3, 0.4) is 0 Å². The monoisotopic (exact) mass is 403 g/mol. The van der Waals surface area contributed by atoms with Gasteiger partial charge in [-0.1, -0.05) is 63.6 Å². The van der Waals surface area contributed by atoms with Gasteiger partial charge in [0.05, 0.1) is 24.7 Å². The van der Waals surface area contributed by atoms with Crippen LogP contribution in [-0.4, -0.2) is 28.8 Å². The van der Waals surface area contributed by atoms with E-state index in [0.29, 0.717) is 16.7 Å². The number of aliphatic imine (C=N–C) groups is 1. The van der Waals surface area contributed by atoms with Crippen molar-refractivity contribution in [2.24, 2.45) is 4.99 Å². The standard InChI is InChI=1S/C18H31Cl2NOSi2/c1-18(2,3)24(7,8)22-12-15-10-17(20)16(19)9-14(15)11-21-13-23(4,5)6/h9-11H,12-13H2,1-8H3/b21-11+. The zero-order valence-electron chi connectivity index (χ0n) is 16.3. The maximum Gasteiger partial charge on any atom is 0.192 e. The van der Waals surface area contributed by atoms with Crippen molar-refractivity contribution in [1.82, 2.24) is 0 Å². The Morgan fingerprint density at radius 2 is 1.58 bits per heavy atom. The molecule has 0 spiro atoms. The smallest absolute Gasteiger partial charge is 0.192 e. The third-order valence-corrected chi connectivity index (χ3v) is 10.7. The topological polar surface area (TPSA) is 21.6 Å². The summed E-state index contributed by atoms with van der Waals surface area (Å²) >= 11 is 12.4. The maximum atomic E-state index is 6.35. The molecule has 0 aliphatic heterocycles. The van der Waals surface area contributed by atoms with Crippen LogP contribution in [0, 0.1) is 0 Å². The maximum absolute atomic E-state index is 6.35. The molecular weight excluding hydrogens is 373 g/mol. The van der Waals surface area contributed by atoms with Crippen LogP contribution in [0.1, 0.15) is 31.9 Å². The first kappa shape index (κ1) is 21.9. The lowest BCUT2D eigenvalue weighted by atomic mass is 10.1. The molecule has 1 aromatic rings. The normalized spacial score (nSPS) is 13.8. The summed E-state index contributed by atoms with van der Waals surface area (Å²) in [6, 6.07) is 3.80. The Morgan fingerprint density at radius 3 is 2.08 bits per heavy atom. The molecule has 0 fully saturated rings. The molecule has 0 aliphatic rings. The minimum absolute atomic E-state index is 0.176. The Balaban J connectivity index is 3.03. The molecule has 0 unspecified atom stereocenters. The summed E-state index contributed by atoms with van der Waals surface area (Å²) in [4.78, 5) is 4.63. The van der Waals surface area contributed by atoms with E-state index in [1.807, 2.05) is 18.3 Å². The summed E-state index contributed by atoms with van der Waals surface area (Å²) in [5, 5.41) is 1.30. The highest BCUT2D eigenvalue weighted by Crippen LogP contribution is 2.37. The van der Waals surface area contributed by atoms with Crippen LogP contribution in [0.4, 0.5) is 0 Å². The molecule has 0 aliphatic carbocycles. The lowest BCUT2D eigenvalue weighted by Gasteiger charge is -2.36. The summed E-state index contributed by atoms with van der Waals surface area (Å²) in [7, 11) is -3.02. The SMILES string of the molecule is CC(C)(C)[Si](C)(C)OCc1cc(Cl)c(Cl)cc1/C=N/C[Si](C)(C)C. The molecule has 0 atom stereocenters. The molecule has 136 valence electrons. The van der Waals surface area contributed by atoms with E-state index >= 15 is 0 Å². The van der Waals surface area contributed by atoms with E-state index < -0.39 is 16.4 Å². The summed E-state index contributed by atoms with van der Waals surface area (Å²) < 4.78 is 6.35. The van der Waals surface area contributed by atoms with Crippen LogP contribution >= 0.6 is 23.2 Å². The van der Waals surface area contributed by atoms with Crippen molar-refractivity contribution in [3.63, 3.8) is 0 Å². The minimum Gasteiger partial charge on any atom is -0.413 e. The molecule has 0 heterocycles. The van der Waals surface area contributed by atoms with Crippen molar-refractivity contribution in [2.75, 3.05) is 6.17 Å². The van der Waals surface area contributed by atoms with Crippen LogP contribution in [0.5, 0.6) is 0 Å². The molecule has 0 aromatic heterocycles. The van der Waals surface area contributed by atoms with Gasteiger partial charge in [-0.15, -0.1) is 0 Å². The van der Waals surface area contributed by atoms with Crippen LogP contribution in [-0.2, 0) is 11.0 Å². The highest BCUT2D eigenvalue weighted by Gasteiger charge is 2.37. The quantitative estimate of drug-likeness (QED) is 0.377. The van der Waals surface area contributed by atoms with Crippen molar-refractivity contribution >= 4 is 45.8 Å². The summed E-state index contributed by atoms with van der Waals surface area (Å²) in [5.41, 5.74) is 2.05. The molecule has 24 heavy (non-hydrogen) atoms. The van der Waals surface area contributed by atoms with Crippen molar-refractivity contribution in [2.45, 2.75) is 65.2 Å². The van der Waals surface area contributed by atoms with Gasteiger partial charge in [0.15, 0.2) is 8.32 Å². The van der Waals surface area contributed by atoms with Gasteiger partial charge < -0.3 is 4.43 Å². The molecule has 6 heteroatoms. The molecule has 0 bridgehead atoms. The van der Waals surface area contributed by atoms with E-state index in [0.717, 1.165) is 17.3 Å². The van der Waals surface area contributed by atoms with Crippen LogP contribution in [0.25, 0.3) is 0 Å². The Bertz CT molecular complexity index is 602. The van der Waals surface area contributed by atoms with Gasteiger partial charge in [0, 0.05) is 12.4 Å². The van der Waals surface area contributed by atoms with Crippen LogP contribution in [0.2, 0.25) is 47.8 Å². The molecule has 0 radical (unpaired) electrons. The highest BCUT2D eigenvalue weighted by atomic mass is 35.5. The van der Waals surface area contributed by atoms with Crippen molar-refractivity contribution in [1.29, 1.82) is 0 Å². The van der Waals surface area contributed by atoms with Gasteiger partial charge in [-0.2, -0.15) is 0 Å². The third kappa shape index (κ3) is 6.64. The largest absolute Gasteiger partial charge is 0.413 e. The molecule has 2 nitrogen and oxygen atoms in total. The van der Waals surface area contributed by atoms with Gasteiger partial charge in [0.25, 0.3) is 0 Å². The fourth-order valence-corrected chi connectivity index (χ4v) is 3.69. The Morgan fingerprint density at radius 1 is 1.04 bits per heavy atom. The van der Waals surface area contributed by atoms with E-state index in [-0.39, 0.29) is 5.04 Å². The van der Waals surface area contributed by atoms with Gasteiger partial charge in [0.2, 0.25) is 0 Å². The fraction of sp³-hybridized carbons (Fsp3) is 0.611. The summed E-state index contributed by atoms with van der Waals surface area (Å²) in [6.45, 7) is 18.7. The fourth-order valence-electron chi connectivity index (χ4n) is 1.74. The van der Waals surface area contributed by atoms with Crippen molar-refractivity contribution in [3.8, 4) is 0 Å².